The number of carbonyl (C=O) groups excluding carboxylic acids is 1. The van der Waals surface area contributed by atoms with Gasteiger partial charge in [0.25, 0.3) is 0 Å². The zero-order valence-electron chi connectivity index (χ0n) is 19.1. The summed E-state index contributed by atoms with van der Waals surface area (Å²) in [6.07, 6.45) is 6.53. The number of anilines is 1. The summed E-state index contributed by atoms with van der Waals surface area (Å²) in [7, 11) is -1.28. The predicted octanol–water partition coefficient (Wildman–Crippen LogP) is 1.87. The van der Waals surface area contributed by atoms with E-state index in [0.717, 1.165) is 44.6 Å². The SMILES string of the molecule is O=C(CC1CCC(NCCNc2ccccn2)CC1)N[C@H]1Cc2cccc(C(=O)O)c2OB1O. The average molecular weight is 466 g/mol. The normalized spacial score (nSPS) is 21.8. The van der Waals surface area contributed by atoms with E-state index in [-0.39, 0.29) is 17.2 Å². The summed E-state index contributed by atoms with van der Waals surface area (Å²) in [5.74, 6) is -0.458. The number of nitrogens with zero attached hydrogens (tertiary/aromatic N) is 1. The molecule has 10 heteroatoms. The number of pyridine rings is 1. The highest BCUT2D eigenvalue weighted by atomic mass is 16.5. The second-order valence-corrected chi connectivity index (χ2v) is 9.00. The maximum atomic E-state index is 12.6. The fourth-order valence-corrected chi connectivity index (χ4v) is 4.75. The number of benzene rings is 1. The van der Waals surface area contributed by atoms with Gasteiger partial charge in [0.15, 0.2) is 0 Å². The Morgan fingerprint density at radius 1 is 1.09 bits per heavy atom. The summed E-state index contributed by atoms with van der Waals surface area (Å²) in [5.41, 5.74) is 0.679. The van der Waals surface area contributed by atoms with E-state index in [1.54, 1.807) is 18.3 Å². The van der Waals surface area contributed by atoms with E-state index in [0.29, 0.717) is 30.4 Å². The van der Waals surface area contributed by atoms with Crippen LogP contribution in [0.2, 0.25) is 0 Å². The number of aromatic nitrogens is 1. The third-order valence-corrected chi connectivity index (χ3v) is 6.55. The molecule has 2 aliphatic rings. The first-order valence-corrected chi connectivity index (χ1v) is 11.9. The number of para-hydroxylation sites is 1. The van der Waals surface area contributed by atoms with E-state index >= 15 is 0 Å². The van der Waals surface area contributed by atoms with Gasteiger partial charge in [-0.2, -0.15) is 0 Å². The molecule has 2 heterocycles. The number of carbonyl (C=O) groups is 2. The predicted molar refractivity (Wildman–Crippen MR) is 129 cm³/mol. The molecule has 1 saturated carbocycles. The van der Waals surface area contributed by atoms with Gasteiger partial charge in [-0.05, 0) is 61.8 Å². The first-order chi connectivity index (χ1) is 16.5. The lowest BCUT2D eigenvalue weighted by atomic mass is 9.72. The van der Waals surface area contributed by atoms with Gasteiger partial charge >= 0.3 is 13.1 Å². The number of carboxylic acid groups (broad SMARTS) is 1. The van der Waals surface area contributed by atoms with E-state index in [4.69, 9.17) is 4.65 Å². The summed E-state index contributed by atoms with van der Waals surface area (Å²) in [4.78, 5) is 28.3. The molecule has 1 aliphatic carbocycles. The van der Waals surface area contributed by atoms with Crippen molar-refractivity contribution in [1.29, 1.82) is 0 Å². The van der Waals surface area contributed by atoms with Crippen molar-refractivity contribution < 1.29 is 24.4 Å². The number of aromatic carboxylic acids is 1. The monoisotopic (exact) mass is 466 g/mol. The summed E-state index contributed by atoms with van der Waals surface area (Å²) in [5, 5.41) is 29.4. The molecule has 2 aromatic rings. The standard InChI is InChI=1S/C24H31BN4O5/c30-22(29-20-15-17-4-3-5-19(24(31)32)23(17)34-25(20)33)14-16-7-9-18(10-8-16)26-12-13-28-21-6-1-2-11-27-21/h1-6,11,16,18,20,26,33H,7-10,12-15H2,(H,27,28)(H,29,30)(H,31,32)/t16?,18?,20-/m0/s1. The highest BCUT2D eigenvalue weighted by Gasteiger charge is 2.38. The number of amides is 1. The maximum absolute atomic E-state index is 12.6. The van der Waals surface area contributed by atoms with Crippen molar-refractivity contribution in [2.24, 2.45) is 5.92 Å². The summed E-state index contributed by atoms with van der Waals surface area (Å²) >= 11 is 0. The minimum absolute atomic E-state index is 0.0132. The van der Waals surface area contributed by atoms with E-state index in [1.807, 2.05) is 18.2 Å². The molecule has 1 aliphatic heterocycles. The molecule has 0 radical (unpaired) electrons. The first-order valence-electron chi connectivity index (χ1n) is 11.9. The van der Waals surface area contributed by atoms with Gasteiger partial charge in [0, 0.05) is 31.7 Å². The minimum atomic E-state index is -1.28. The quantitative estimate of drug-likeness (QED) is 0.280. The molecule has 0 spiro atoms. The molecule has 5 N–H and O–H groups in total. The van der Waals surface area contributed by atoms with E-state index in [1.165, 1.54) is 6.07 Å². The maximum Gasteiger partial charge on any atom is 0.547 e. The van der Waals surface area contributed by atoms with Crippen LogP contribution in [0.15, 0.2) is 42.6 Å². The van der Waals surface area contributed by atoms with Crippen molar-refractivity contribution in [3.05, 3.63) is 53.7 Å². The molecule has 1 amide bonds. The number of hydrogen-bond donors (Lipinski definition) is 5. The van der Waals surface area contributed by atoms with Crippen LogP contribution in [0.5, 0.6) is 5.75 Å². The van der Waals surface area contributed by atoms with Crippen LogP contribution in [-0.4, -0.2) is 59.2 Å². The van der Waals surface area contributed by atoms with Gasteiger partial charge < -0.3 is 30.7 Å². The van der Waals surface area contributed by atoms with Crippen molar-refractivity contribution in [3.63, 3.8) is 0 Å². The summed E-state index contributed by atoms with van der Waals surface area (Å²) in [6, 6.07) is 11.1. The topological polar surface area (TPSA) is 133 Å². The molecule has 9 nitrogen and oxygen atoms in total. The van der Waals surface area contributed by atoms with Crippen molar-refractivity contribution in [2.75, 3.05) is 18.4 Å². The molecule has 0 saturated heterocycles. The van der Waals surface area contributed by atoms with Gasteiger partial charge in [-0.25, -0.2) is 9.78 Å². The van der Waals surface area contributed by atoms with Crippen molar-refractivity contribution >= 4 is 24.8 Å². The van der Waals surface area contributed by atoms with E-state index in [9.17, 15) is 19.7 Å². The second-order valence-electron chi connectivity index (χ2n) is 9.00. The van der Waals surface area contributed by atoms with Gasteiger partial charge in [0.1, 0.15) is 11.6 Å². The van der Waals surface area contributed by atoms with Crippen LogP contribution in [0, 0.1) is 5.92 Å². The minimum Gasteiger partial charge on any atom is -0.534 e. The Kier molecular flexibility index (Phi) is 8.02. The molecule has 1 aromatic carbocycles. The average Bonchev–Trinajstić information content (AvgIpc) is 2.83. The van der Waals surface area contributed by atoms with Crippen molar-refractivity contribution in [1.82, 2.24) is 15.6 Å². The molecule has 4 rings (SSSR count). The largest absolute Gasteiger partial charge is 0.547 e. The first kappa shape index (κ1) is 24.0. The van der Waals surface area contributed by atoms with E-state index < -0.39 is 19.0 Å². The molecular formula is C24H31BN4O5. The Morgan fingerprint density at radius 2 is 1.91 bits per heavy atom. The molecule has 0 bridgehead atoms. The Labute approximate surface area is 199 Å². The van der Waals surface area contributed by atoms with Crippen LogP contribution in [0.1, 0.15) is 48.0 Å². The number of fused-ring (bicyclic) bond motifs is 1. The third-order valence-electron chi connectivity index (χ3n) is 6.55. The molecule has 1 aromatic heterocycles. The zero-order chi connectivity index (χ0) is 23.9. The summed E-state index contributed by atoms with van der Waals surface area (Å²) < 4.78 is 5.46. The Balaban J connectivity index is 1.17. The zero-order valence-corrected chi connectivity index (χ0v) is 19.1. The molecule has 1 fully saturated rings. The second kappa shape index (κ2) is 11.3. The lowest BCUT2D eigenvalue weighted by molar-refractivity contribution is -0.122. The van der Waals surface area contributed by atoms with Gasteiger partial charge in [0.05, 0.1) is 11.5 Å². The van der Waals surface area contributed by atoms with Crippen LogP contribution in [0.3, 0.4) is 0 Å². The Hall–Kier alpha value is -3.11. The summed E-state index contributed by atoms with van der Waals surface area (Å²) in [6.45, 7) is 1.67. The number of hydrogen-bond acceptors (Lipinski definition) is 7. The smallest absolute Gasteiger partial charge is 0.534 e. The fraction of sp³-hybridized carbons (Fsp3) is 0.458. The third kappa shape index (κ3) is 6.27. The molecule has 180 valence electrons. The van der Waals surface area contributed by atoms with Gasteiger partial charge in [-0.1, -0.05) is 18.2 Å². The van der Waals surface area contributed by atoms with Crippen molar-refractivity contribution in [2.45, 2.75) is 50.5 Å². The number of rotatable bonds is 9. The molecular weight excluding hydrogens is 435 g/mol. The lowest BCUT2D eigenvalue weighted by Gasteiger charge is -2.31. The fourth-order valence-electron chi connectivity index (χ4n) is 4.75. The highest BCUT2D eigenvalue weighted by Crippen LogP contribution is 2.31. The molecule has 0 unspecified atom stereocenters. The highest BCUT2D eigenvalue weighted by molar-refractivity contribution is 6.47. The Morgan fingerprint density at radius 3 is 2.65 bits per heavy atom. The van der Waals surface area contributed by atoms with Crippen LogP contribution in [0.25, 0.3) is 0 Å². The molecule has 34 heavy (non-hydrogen) atoms. The lowest BCUT2D eigenvalue weighted by Crippen LogP contribution is -2.53. The Bertz CT molecular complexity index is 985. The van der Waals surface area contributed by atoms with Crippen LogP contribution < -0.4 is 20.6 Å². The van der Waals surface area contributed by atoms with Gasteiger partial charge in [-0.15, -0.1) is 0 Å². The van der Waals surface area contributed by atoms with Crippen LogP contribution >= 0.6 is 0 Å². The number of carboxylic acids is 1. The van der Waals surface area contributed by atoms with Crippen LogP contribution in [0.4, 0.5) is 5.82 Å². The van der Waals surface area contributed by atoms with Crippen LogP contribution in [-0.2, 0) is 11.2 Å². The molecule has 1 atom stereocenters. The van der Waals surface area contributed by atoms with Gasteiger partial charge in [-0.3, -0.25) is 4.79 Å². The van der Waals surface area contributed by atoms with Gasteiger partial charge in [0.2, 0.25) is 5.91 Å². The number of nitrogens with one attached hydrogen (secondary N) is 3. The van der Waals surface area contributed by atoms with E-state index in [2.05, 4.69) is 20.9 Å². The van der Waals surface area contributed by atoms with Crippen molar-refractivity contribution in [3.8, 4) is 5.75 Å².